The van der Waals surface area contributed by atoms with Crippen LogP contribution in [0.5, 0.6) is 0 Å². The van der Waals surface area contributed by atoms with Crippen molar-refractivity contribution in [2.45, 2.75) is 38.9 Å². The summed E-state index contributed by atoms with van der Waals surface area (Å²) in [6, 6.07) is 27.4. The smallest absolute Gasteiger partial charge is 0.455 e. The zero-order valence-electron chi connectivity index (χ0n) is 18.8. The van der Waals surface area contributed by atoms with Gasteiger partial charge in [-0.05, 0) is 55.6 Å². The Morgan fingerprint density at radius 3 is 1.94 bits per heavy atom. The lowest BCUT2D eigenvalue weighted by Crippen LogP contribution is -2.41. The molecule has 0 amide bonds. The largest absolute Gasteiger partial charge is 0.495 e. The van der Waals surface area contributed by atoms with E-state index in [2.05, 4.69) is 94.4 Å². The average Bonchev–Trinajstić information content (AvgIpc) is 3.26. The van der Waals surface area contributed by atoms with E-state index in [-0.39, 0.29) is 11.2 Å². The molecule has 0 N–H and O–H groups in total. The first-order chi connectivity index (χ1) is 15.4. The van der Waals surface area contributed by atoms with E-state index in [1.165, 1.54) is 0 Å². The Balaban J connectivity index is 1.56. The SMILES string of the molecule is CC1(C)OB(c2cccc3c(-c4cccc5c4oc4ccccc45)cccc23)OC1(C)C. The van der Waals surface area contributed by atoms with Crippen molar-refractivity contribution >= 4 is 45.3 Å². The van der Waals surface area contributed by atoms with E-state index in [4.69, 9.17) is 13.7 Å². The third-order valence-electron chi connectivity index (χ3n) is 7.16. The predicted octanol–water partition coefficient (Wildman–Crippen LogP) is 6.71. The predicted molar refractivity (Wildman–Crippen MR) is 132 cm³/mol. The van der Waals surface area contributed by atoms with Crippen LogP contribution in [0.3, 0.4) is 0 Å². The summed E-state index contributed by atoms with van der Waals surface area (Å²) in [7, 11) is -0.402. The number of hydrogen-bond donors (Lipinski definition) is 0. The summed E-state index contributed by atoms with van der Waals surface area (Å²) < 4.78 is 19.1. The third kappa shape index (κ3) is 2.76. The van der Waals surface area contributed by atoms with E-state index < -0.39 is 7.12 Å². The number of furan rings is 1. The van der Waals surface area contributed by atoms with Crippen molar-refractivity contribution in [3.05, 3.63) is 78.9 Å². The van der Waals surface area contributed by atoms with E-state index in [9.17, 15) is 0 Å². The van der Waals surface area contributed by atoms with E-state index in [0.717, 1.165) is 49.3 Å². The number of rotatable bonds is 2. The van der Waals surface area contributed by atoms with E-state index in [1.54, 1.807) is 0 Å². The lowest BCUT2D eigenvalue weighted by atomic mass is 9.75. The molecule has 0 atom stereocenters. The van der Waals surface area contributed by atoms with Gasteiger partial charge in [-0.25, -0.2) is 0 Å². The molecular formula is C28H25BO3. The number of benzene rings is 4. The lowest BCUT2D eigenvalue weighted by molar-refractivity contribution is 0.00578. The molecule has 5 aromatic rings. The van der Waals surface area contributed by atoms with Crippen molar-refractivity contribution in [2.75, 3.05) is 0 Å². The molecule has 2 heterocycles. The van der Waals surface area contributed by atoms with Gasteiger partial charge in [0.15, 0.2) is 0 Å². The normalized spacial score (nSPS) is 17.6. The highest BCUT2D eigenvalue weighted by Gasteiger charge is 2.52. The maximum absolute atomic E-state index is 6.37. The Hall–Kier alpha value is -3.08. The number of para-hydroxylation sites is 2. The molecule has 0 bridgehead atoms. The lowest BCUT2D eigenvalue weighted by Gasteiger charge is -2.32. The van der Waals surface area contributed by atoms with Gasteiger partial charge in [0.25, 0.3) is 0 Å². The van der Waals surface area contributed by atoms with E-state index >= 15 is 0 Å². The molecular weight excluding hydrogens is 395 g/mol. The maximum Gasteiger partial charge on any atom is 0.495 e. The molecule has 0 unspecified atom stereocenters. The summed E-state index contributed by atoms with van der Waals surface area (Å²) in [6.45, 7) is 8.36. The number of fused-ring (bicyclic) bond motifs is 4. The summed E-state index contributed by atoms with van der Waals surface area (Å²) in [5, 5.41) is 4.57. The zero-order chi connectivity index (χ0) is 22.1. The molecule has 1 aliphatic rings. The second kappa shape index (κ2) is 6.71. The van der Waals surface area contributed by atoms with Crippen LogP contribution in [0.4, 0.5) is 0 Å². The molecule has 0 saturated carbocycles. The topological polar surface area (TPSA) is 31.6 Å². The van der Waals surface area contributed by atoms with Crippen LogP contribution in [0.15, 0.2) is 83.3 Å². The molecule has 158 valence electrons. The van der Waals surface area contributed by atoms with Gasteiger partial charge >= 0.3 is 7.12 Å². The minimum absolute atomic E-state index is 0.378. The van der Waals surface area contributed by atoms with Gasteiger partial charge < -0.3 is 13.7 Å². The van der Waals surface area contributed by atoms with Gasteiger partial charge in [0.2, 0.25) is 0 Å². The molecule has 6 rings (SSSR count). The molecule has 0 radical (unpaired) electrons. The van der Waals surface area contributed by atoms with Gasteiger partial charge in [-0.15, -0.1) is 0 Å². The fourth-order valence-electron chi connectivity index (χ4n) is 4.70. The van der Waals surface area contributed by atoms with Crippen molar-refractivity contribution in [1.82, 2.24) is 0 Å². The second-order valence-corrected chi connectivity index (χ2v) is 9.62. The summed E-state index contributed by atoms with van der Waals surface area (Å²) in [5.74, 6) is 0. The Bertz CT molecular complexity index is 1480. The highest BCUT2D eigenvalue weighted by Crippen LogP contribution is 2.40. The average molecular weight is 420 g/mol. The van der Waals surface area contributed by atoms with Crippen LogP contribution in [-0.4, -0.2) is 18.3 Å². The van der Waals surface area contributed by atoms with Crippen molar-refractivity contribution in [3.8, 4) is 11.1 Å². The summed E-state index contributed by atoms with van der Waals surface area (Å²) >= 11 is 0. The molecule has 0 spiro atoms. The van der Waals surface area contributed by atoms with Gasteiger partial charge in [-0.2, -0.15) is 0 Å². The first-order valence-electron chi connectivity index (χ1n) is 11.1. The fraction of sp³-hybridized carbons (Fsp3) is 0.214. The molecule has 32 heavy (non-hydrogen) atoms. The van der Waals surface area contributed by atoms with E-state index in [0.29, 0.717) is 0 Å². The van der Waals surface area contributed by atoms with Gasteiger partial charge in [-0.3, -0.25) is 0 Å². The summed E-state index contributed by atoms with van der Waals surface area (Å²) in [5.41, 5.74) is 4.37. The van der Waals surface area contributed by atoms with Gasteiger partial charge in [0, 0.05) is 16.3 Å². The highest BCUT2D eigenvalue weighted by molar-refractivity contribution is 6.65. The van der Waals surface area contributed by atoms with Crippen molar-refractivity contribution in [1.29, 1.82) is 0 Å². The fourth-order valence-corrected chi connectivity index (χ4v) is 4.70. The molecule has 4 heteroatoms. The Morgan fingerprint density at radius 2 is 1.16 bits per heavy atom. The second-order valence-electron chi connectivity index (χ2n) is 9.62. The first-order valence-corrected chi connectivity index (χ1v) is 11.1. The van der Waals surface area contributed by atoms with Crippen LogP contribution >= 0.6 is 0 Å². The molecule has 3 nitrogen and oxygen atoms in total. The van der Waals surface area contributed by atoms with Crippen LogP contribution in [0.1, 0.15) is 27.7 Å². The van der Waals surface area contributed by atoms with Crippen LogP contribution in [-0.2, 0) is 9.31 Å². The van der Waals surface area contributed by atoms with Gasteiger partial charge in [0.1, 0.15) is 11.2 Å². The number of hydrogen-bond acceptors (Lipinski definition) is 3. The van der Waals surface area contributed by atoms with E-state index in [1.807, 2.05) is 12.1 Å². The third-order valence-corrected chi connectivity index (χ3v) is 7.16. The Morgan fingerprint density at radius 1 is 0.562 bits per heavy atom. The standard InChI is InChI=1S/C28H25BO3/c1-27(2)28(3,4)32-29(31-27)24-16-9-12-18-19(11-7-13-20(18)24)22-14-8-15-23-21-10-5-6-17-25(21)30-26(22)23/h5-17H,1-4H3. The highest BCUT2D eigenvalue weighted by atomic mass is 16.7. The molecule has 1 aromatic heterocycles. The van der Waals surface area contributed by atoms with Crippen molar-refractivity contribution < 1.29 is 13.7 Å². The van der Waals surface area contributed by atoms with Crippen LogP contribution in [0.25, 0.3) is 43.8 Å². The summed E-state index contributed by atoms with van der Waals surface area (Å²) in [4.78, 5) is 0. The van der Waals surface area contributed by atoms with Gasteiger partial charge in [-0.1, -0.05) is 72.8 Å². The Labute approximate surface area is 188 Å². The monoisotopic (exact) mass is 420 g/mol. The first kappa shape index (κ1) is 19.6. The minimum atomic E-state index is -0.402. The summed E-state index contributed by atoms with van der Waals surface area (Å²) in [6.07, 6.45) is 0. The molecule has 4 aromatic carbocycles. The van der Waals surface area contributed by atoms with Crippen LogP contribution in [0, 0.1) is 0 Å². The minimum Gasteiger partial charge on any atom is -0.455 e. The maximum atomic E-state index is 6.37. The molecule has 0 aliphatic carbocycles. The molecule has 1 fully saturated rings. The Kier molecular flexibility index (Phi) is 4.11. The van der Waals surface area contributed by atoms with Gasteiger partial charge in [0.05, 0.1) is 11.2 Å². The molecule has 1 saturated heterocycles. The van der Waals surface area contributed by atoms with Crippen LogP contribution < -0.4 is 5.46 Å². The van der Waals surface area contributed by atoms with Crippen LogP contribution in [0.2, 0.25) is 0 Å². The molecule has 1 aliphatic heterocycles. The zero-order valence-corrected chi connectivity index (χ0v) is 18.8. The van der Waals surface area contributed by atoms with Crippen molar-refractivity contribution in [2.24, 2.45) is 0 Å². The van der Waals surface area contributed by atoms with Crippen molar-refractivity contribution in [3.63, 3.8) is 0 Å². The quantitative estimate of drug-likeness (QED) is 0.298.